The van der Waals surface area contributed by atoms with Gasteiger partial charge in [-0.2, -0.15) is 0 Å². The molecule has 4 rings (SSSR count). The van der Waals surface area contributed by atoms with E-state index in [-0.39, 0.29) is 5.95 Å². The lowest BCUT2D eigenvalue weighted by molar-refractivity contribution is 0.122. The molecule has 1 aliphatic heterocycles. The molecule has 2 N–H and O–H groups in total. The molecule has 1 fully saturated rings. The third-order valence-electron chi connectivity index (χ3n) is 5.00. The smallest absolute Gasteiger partial charge is 0.219 e. The molecular formula is C20H28N8OS. The van der Waals surface area contributed by atoms with Gasteiger partial charge in [0.1, 0.15) is 0 Å². The van der Waals surface area contributed by atoms with Crippen LogP contribution in [0.5, 0.6) is 0 Å². The van der Waals surface area contributed by atoms with Crippen molar-refractivity contribution in [3.8, 4) is 11.4 Å². The fraction of sp³-hybridized carbons (Fsp3) is 0.500. The Morgan fingerprint density at radius 3 is 2.53 bits per heavy atom. The van der Waals surface area contributed by atoms with Crippen molar-refractivity contribution in [3.63, 3.8) is 0 Å². The van der Waals surface area contributed by atoms with Crippen molar-refractivity contribution in [2.75, 3.05) is 71.2 Å². The van der Waals surface area contributed by atoms with E-state index >= 15 is 0 Å². The standard InChI is InChI=1S/C20H28N8OS/c1-26(2)4-5-27(3)13-15-10-16-17(30-15)19(28-6-8-29-9-7-28)25-18(24-16)14-11-22-20(21)23-12-14/h10-12H,4-9,13H2,1-3H3,(H2,21,22,23). The molecule has 0 atom stereocenters. The van der Waals surface area contributed by atoms with E-state index in [1.54, 1.807) is 23.7 Å². The first-order chi connectivity index (χ1) is 14.5. The zero-order valence-electron chi connectivity index (χ0n) is 17.7. The van der Waals surface area contributed by atoms with Crippen LogP contribution in [0.2, 0.25) is 0 Å². The highest BCUT2D eigenvalue weighted by Crippen LogP contribution is 2.34. The van der Waals surface area contributed by atoms with Crippen molar-refractivity contribution >= 4 is 33.3 Å². The highest BCUT2D eigenvalue weighted by molar-refractivity contribution is 7.19. The van der Waals surface area contributed by atoms with Gasteiger partial charge in [-0.05, 0) is 27.2 Å². The van der Waals surface area contributed by atoms with E-state index in [0.29, 0.717) is 19.0 Å². The number of likely N-dealkylation sites (N-methyl/N-ethyl adjacent to an activating group) is 2. The van der Waals surface area contributed by atoms with Crippen LogP contribution in [0.3, 0.4) is 0 Å². The number of nitrogen functional groups attached to an aromatic ring is 1. The number of fused-ring (bicyclic) bond motifs is 1. The van der Waals surface area contributed by atoms with E-state index in [2.05, 4.69) is 51.9 Å². The van der Waals surface area contributed by atoms with Crippen LogP contribution in [0.25, 0.3) is 21.6 Å². The molecule has 0 saturated carbocycles. The zero-order valence-corrected chi connectivity index (χ0v) is 18.5. The quantitative estimate of drug-likeness (QED) is 0.601. The Morgan fingerprint density at radius 1 is 1.10 bits per heavy atom. The van der Waals surface area contributed by atoms with Gasteiger partial charge in [-0.3, -0.25) is 0 Å². The van der Waals surface area contributed by atoms with Crippen molar-refractivity contribution in [1.82, 2.24) is 29.7 Å². The van der Waals surface area contributed by atoms with Crippen LogP contribution in [0, 0.1) is 0 Å². The largest absolute Gasteiger partial charge is 0.378 e. The van der Waals surface area contributed by atoms with Crippen LogP contribution in [-0.2, 0) is 11.3 Å². The Labute approximate surface area is 180 Å². The van der Waals surface area contributed by atoms with Crippen LogP contribution in [0.4, 0.5) is 11.8 Å². The number of hydrogen-bond acceptors (Lipinski definition) is 10. The molecule has 0 amide bonds. The van der Waals surface area contributed by atoms with Crippen LogP contribution < -0.4 is 10.6 Å². The maximum atomic E-state index is 5.64. The monoisotopic (exact) mass is 428 g/mol. The van der Waals surface area contributed by atoms with E-state index in [9.17, 15) is 0 Å². The van der Waals surface area contributed by atoms with Gasteiger partial charge in [0.25, 0.3) is 0 Å². The third-order valence-corrected chi connectivity index (χ3v) is 6.11. The summed E-state index contributed by atoms with van der Waals surface area (Å²) in [6.45, 7) is 5.98. The van der Waals surface area contributed by atoms with E-state index in [1.165, 1.54) is 4.88 Å². The Bertz CT molecular complexity index is 984. The van der Waals surface area contributed by atoms with Gasteiger partial charge in [-0.15, -0.1) is 11.3 Å². The van der Waals surface area contributed by atoms with Crippen LogP contribution in [0.1, 0.15) is 4.88 Å². The summed E-state index contributed by atoms with van der Waals surface area (Å²) < 4.78 is 6.66. The number of aromatic nitrogens is 4. The maximum absolute atomic E-state index is 5.64. The van der Waals surface area contributed by atoms with E-state index in [0.717, 1.165) is 54.3 Å². The van der Waals surface area contributed by atoms with Gasteiger partial charge in [0, 0.05) is 50.0 Å². The zero-order chi connectivity index (χ0) is 21.1. The normalized spacial score (nSPS) is 14.9. The minimum atomic E-state index is 0.242. The van der Waals surface area contributed by atoms with Crippen molar-refractivity contribution in [1.29, 1.82) is 0 Å². The number of ether oxygens (including phenoxy) is 1. The van der Waals surface area contributed by atoms with Gasteiger partial charge in [0.15, 0.2) is 11.6 Å². The van der Waals surface area contributed by atoms with Gasteiger partial charge in [0.05, 0.1) is 29.0 Å². The van der Waals surface area contributed by atoms with Gasteiger partial charge < -0.3 is 25.2 Å². The first-order valence-corrected chi connectivity index (χ1v) is 10.9. The van der Waals surface area contributed by atoms with Crippen LogP contribution in [-0.4, -0.2) is 90.3 Å². The van der Waals surface area contributed by atoms with Crippen molar-refractivity contribution in [2.24, 2.45) is 0 Å². The van der Waals surface area contributed by atoms with E-state index in [1.807, 2.05) is 0 Å². The topological polar surface area (TPSA) is 96.5 Å². The third kappa shape index (κ3) is 4.84. The Balaban J connectivity index is 1.69. The summed E-state index contributed by atoms with van der Waals surface area (Å²) in [7, 11) is 6.35. The second-order valence-electron chi connectivity index (χ2n) is 7.77. The minimum Gasteiger partial charge on any atom is -0.378 e. The lowest BCUT2D eigenvalue weighted by atomic mass is 10.3. The molecule has 0 bridgehead atoms. The average molecular weight is 429 g/mol. The lowest BCUT2D eigenvalue weighted by Gasteiger charge is -2.28. The molecule has 3 aromatic rings. The second-order valence-corrected chi connectivity index (χ2v) is 8.91. The molecule has 0 aliphatic carbocycles. The number of anilines is 2. The number of hydrogen-bond donors (Lipinski definition) is 1. The van der Waals surface area contributed by atoms with Crippen molar-refractivity contribution in [2.45, 2.75) is 6.54 Å². The highest BCUT2D eigenvalue weighted by Gasteiger charge is 2.20. The van der Waals surface area contributed by atoms with E-state index in [4.69, 9.17) is 20.4 Å². The molecule has 0 radical (unpaired) electrons. The molecule has 160 valence electrons. The lowest BCUT2D eigenvalue weighted by Crippen LogP contribution is -2.36. The molecule has 0 aromatic carbocycles. The first kappa shape index (κ1) is 20.9. The Kier molecular flexibility index (Phi) is 6.38. The summed E-state index contributed by atoms with van der Waals surface area (Å²) in [6.07, 6.45) is 3.35. The Morgan fingerprint density at radius 2 is 1.83 bits per heavy atom. The minimum absolute atomic E-state index is 0.242. The molecule has 1 aliphatic rings. The predicted octanol–water partition coefficient (Wildman–Crippen LogP) is 1.56. The fourth-order valence-corrected chi connectivity index (χ4v) is 4.52. The summed E-state index contributed by atoms with van der Waals surface area (Å²) in [5, 5.41) is 0. The number of thiophene rings is 1. The van der Waals surface area contributed by atoms with Gasteiger partial charge in [0.2, 0.25) is 5.95 Å². The van der Waals surface area contributed by atoms with Gasteiger partial charge in [-0.1, -0.05) is 0 Å². The van der Waals surface area contributed by atoms with Gasteiger partial charge >= 0.3 is 0 Å². The summed E-state index contributed by atoms with van der Waals surface area (Å²) >= 11 is 1.77. The molecule has 10 heteroatoms. The van der Waals surface area contributed by atoms with Crippen LogP contribution in [0.15, 0.2) is 18.5 Å². The highest BCUT2D eigenvalue weighted by atomic mass is 32.1. The molecule has 0 unspecified atom stereocenters. The first-order valence-electron chi connectivity index (χ1n) is 10.0. The summed E-state index contributed by atoms with van der Waals surface area (Å²) in [6, 6.07) is 2.18. The molecule has 4 heterocycles. The van der Waals surface area contributed by atoms with E-state index < -0.39 is 0 Å². The molecule has 9 nitrogen and oxygen atoms in total. The number of nitrogens with zero attached hydrogens (tertiary/aromatic N) is 7. The summed E-state index contributed by atoms with van der Waals surface area (Å²) in [5.74, 6) is 1.82. The molecule has 30 heavy (non-hydrogen) atoms. The van der Waals surface area contributed by atoms with Crippen molar-refractivity contribution < 1.29 is 4.74 Å². The van der Waals surface area contributed by atoms with Crippen LogP contribution >= 0.6 is 11.3 Å². The average Bonchev–Trinajstić information content (AvgIpc) is 3.15. The van der Waals surface area contributed by atoms with Crippen molar-refractivity contribution in [3.05, 3.63) is 23.3 Å². The second kappa shape index (κ2) is 9.17. The number of morpholine rings is 1. The number of rotatable bonds is 7. The molecule has 3 aromatic heterocycles. The number of nitrogens with two attached hydrogens (primary N) is 1. The summed E-state index contributed by atoms with van der Waals surface area (Å²) in [4.78, 5) is 26.0. The maximum Gasteiger partial charge on any atom is 0.219 e. The Hall–Kier alpha value is -2.40. The van der Waals surface area contributed by atoms with Gasteiger partial charge in [-0.25, -0.2) is 19.9 Å². The molecule has 0 spiro atoms. The predicted molar refractivity (Wildman–Crippen MR) is 121 cm³/mol. The summed E-state index contributed by atoms with van der Waals surface area (Å²) in [5.41, 5.74) is 7.36. The molecular weight excluding hydrogens is 400 g/mol. The fourth-order valence-electron chi connectivity index (χ4n) is 3.33. The SMILES string of the molecule is CN(C)CCN(C)Cc1cc2nc(-c3cnc(N)nc3)nc(N3CCOCC3)c2s1. The molecule has 1 saturated heterocycles.